The molecule has 2 aromatic rings. The molecule has 3 rings (SSSR count). The Labute approximate surface area is 193 Å². The first-order chi connectivity index (χ1) is 14.3. The molecule has 1 unspecified atom stereocenters. The summed E-state index contributed by atoms with van der Waals surface area (Å²) in [5.74, 6) is -0.845. The SMILES string of the molecule is O=C(NCc1ccc(Cl)cc1Cl)C1CCC(=O)N1C(=O)NCc1ccc(Cl)c(Cl)c1. The molecule has 0 radical (unpaired) electrons. The molecule has 0 saturated carbocycles. The topological polar surface area (TPSA) is 78.5 Å². The van der Waals surface area contributed by atoms with Crippen LogP contribution in [-0.2, 0) is 22.7 Å². The first-order valence-corrected chi connectivity index (χ1v) is 10.5. The lowest BCUT2D eigenvalue weighted by atomic mass is 10.2. The van der Waals surface area contributed by atoms with Crippen LogP contribution in [0, 0.1) is 0 Å². The van der Waals surface area contributed by atoms with Crippen molar-refractivity contribution in [3.05, 3.63) is 67.6 Å². The number of urea groups is 1. The number of likely N-dealkylation sites (tertiary alicyclic amines) is 1. The number of nitrogens with one attached hydrogen (secondary N) is 2. The molecule has 0 aliphatic carbocycles. The molecule has 0 spiro atoms. The van der Waals surface area contributed by atoms with Crippen molar-refractivity contribution in [1.29, 1.82) is 0 Å². The number of imide groups is 1. The first kappa shape index (κ1) is 22.7. The van der Waals surface area contributed by atoms with Gasteiger partial charge in [0, 0.05) is 29.6 Å². The van der Waals surface area contributed by atoms with Gasteiger partial charge in [0.25, 0.3) is 0 Å². The zero-order chi connectivity index (χ0) is 21.8. The summed E-state index contributed by atoms with van der Waals surface area (Å²) in [6.07, 6.45) is 0.360. The largest absolute Gasteiger partial charge is 0.350 e. The lowest BCUT2D eigenvalue weighted by molar-refractivity contribution is -0.132. The van der Waals surface area contributed by atoms with E-state index in [0.717, 1.165) is 4.90 Å². The molecule has 1 saturated heterocycles. The predicted molar refractivity (Wildman–Crippen MR) is 117 cm³/mol. The Balaban J connectivity index is 1.61. The fourth-order valence-corrected chi connectivity index (χ4v) is 3.86. The minimum Gasteiger partial charge on any atom is -0.350 e. The van der Waals surface area contributed by atoms with Crippen LogP contribution in [0.5, 0.6) is 0 Å². The Morgan fingerprint density at radius 2 is 1.70 bits per heavy atom. The van der Waals surface area contributed by atoms with E-state index in [9.17, 15) is 14.4 Å². The minimum atomic E-state index is -0.891. The number of hydrogen-bond donors (Lipinski definition) is 2. The van der Waals surface area contributed by atoms with E-state index in [1.165, 1.54) is 0 Å². The fraction of sp³-hybridized carbons (Fsp3) is 0.250. The summed E-state index contributed by atoms with van der Waals surface area (Å²) in [7, 11) is 0. The number of benzene rings is 2. The molecule has 0 bridgehead atoms. The molecular formula is C20H17Cl4N3O3. The van der Waals surface area contributed by atoms with Crippen molar-refractivity contribution >= 4 is 64.2 Å². The van der Waals surface area contributed by atoms with Gasteiger partial charge in [0.05, 0.1) is 10.0 Å². The molecule has 2 N–H and O–H groups in total. The maximum Gasteiger partial charge on any atom is 0.325 e. The molecule has 10 heteroatoms. The highest BCUT2D eigenvalue weighted by molar-refractivity contribution is 6.42. The van der Waals surface area contributed by atoms with E-state index in [1.807, 2.05) is 0 Å². The van der Waals surface area contributed by atoms with Gasteiger partial charge in [-0.15, -0.1) is 0 Å². The van der Waals surface area contributed by atoms with Gasteiger partial charge in [0.2, 0.25) is 11.8 Å². The van der Waals surface area contributed by atoms with Crippen molar-refractivity contribution in [3.63, 3.8) is 0 Å². The van der Waals surface area contributed by atoms with Crippen LogP contribution >= 0.6 is 46.4 Å². The number of hydrogen-bond acceptors (Lipinski definition) is 3. The normalized spacial score (nSPS) is 15.9. The van der Waals surface area contributed by atoms with Gasteiger partial charge < -0.3 is 10.6 Å². The highest BCUT2D eigenvalue weighted by Crippen LogP contribution is 2.24. The average molecular weight is 489 g/mol. The number of rotatable bonds is 5. The van der Waals surface area contributed by atoms with Crippen molar-refractivity contribution in [3.8, 4) is 0 Å². The highest BCUT2D eigenvalue weighted by Gasteiger charge is 2.40. The summed E-state index contributed by atoms with van der Waals surface area (Å²) in [4.78, 5) is 38.4. The summed E-state index contributed by atoms with van der Waals surface area (Å²) in [6, 6.07) is 8.35. The minimum absolute atomic E-state index is 0.111. The molecule has 6 nitrogen and oxygen atoms in total. The van der Waals surface area contributed by atoms with E-state index in [2.05, 4.69) is 10.6 Å². The second-order valence-electron chi connectivity index (χ2n) is 6.68. The van der Waals surface area contributed by atoms with Crippen molar-refractivity contribution in [2.45, 2.75) is 32.0 Å². The molecule has 0 aromatic heterocycles. The lowest BCUT2D eigenvalue weighted by Gasteiger charge is -2.23. The Morgan fingerprint density at radius 1 is 0.933 bits per heavy atom. The van der Waals surface area contributed by atoms with E-state index in [0.29, 0.717) is 31.2 Å². The quantitative estimate of drug-likeness (QED) is 0.633. The van der Waals surface area contributed by atoms with Gasteiger partial charge in [-0.2, -0.15) is 0 Å². The summed E-state index contributed by atoms with van der Waals surface area (Å²) < 4.78 is 0. The van der Waals surface area contributed by atoms with Crippen LogP contribution in [-0.4, -0.2) is 28.8 Å². The molecule has 1 aliphatic heterocycles. The van der Waals surface area contributed by atoms with Crippen LogP contribution in [0.2, 0.25) is 20.1 Å². The van der Waals surface area contributed by atoms with Crippen LogP contribution in [0.3, 0.4) is 0 Å². The van der Waals surface area contributed by atoms with Crippen LogP contribution < -0.4 is 10.6 Å². The zero-order valence-corrected chi connectivity index (χ0v) is 18.6. The van der Waals surface area contributed by atoms with Crippen LogP contribution in [0.15, 0.2) is 36.4 Å². The lowest BCUT2D eigenvalue weighted by Crippen LogP contribution is -2.50. The Hall–Kier alpha value is -1.99. The second kappa shape index (κ2) is 9.88. The summed E-state index contributed by atoms with van der Waals surface area (Å²) in [5.41, 5.74) is 1.39. The van der Waals surface area contributed by atoms with Gasteiger partial charge in [-0.25, -0.2) is 4.79 Å². The number of nitrogens with zero attached hydrogens (tertiary/aromatic N) is 1. The van der Waals surface area contributed by atoms with Gasteiger partial charge in [-0.05, 0) is 41.8 Å². The smallest absolute Gasteiger partial charge is 0.325 e. The summed E-state index contributed by atoms with van der Waals surface area (Å²) in [5, 5.41) is 7.03. The number of halogens is 4. The molecule has 4 amide bonds. The van der Waals surface area contributed by atoms with Crippen molar-refractivity contribution < 1.29 is 14.4 Å². The van der Waals surface area contributed by atoms with Crippen molar-refractivity contribution in [1.82, 2.24) is 15.5 Å². The standard InChI is InChI=1S/C20H17Cl4N3O3/c21-13-3-2-12(15(23)8-13)10-25-19(29)17-5-6-18(28)27(17)20(30)26-9-11-1-4-14(22)16(24)7-11/h1-4,7-8,17H,5-6,9-10H2,(H,25,29)(H,26,30). The molecule has 2 aromatic carbocycles. The fourth-order valence-electron chi connectivity index (χ4n) is 3.06. The monoisotopic (exact) mass is 487 g/mol. The predicted octanol–water partition coefficient (Wildman–Crippen LogP) is 4.82. The Kier molecular flexibility index (Phi) is 7.47. The summed E-state index contributed by atoms with van der Waals surface area (Å²) >= 11 is 23.8. The number of amides is 4. The second-order valence-corrected chi connectivity index (χ2v) is 8.34. The van der Waals surface area contributed by atoms with Crippen LogP contribution in [0.4, 0.5) is 4.79 Å². The maximum atomic E-state index is 12.6. The third kappa shape index (κ3) is 5.38. The summed E-state index contributed by atoms with van der Waals surface area (Å²) in [6.45, 7) is 0.284. The third-order valence-electron chi connectivity index (χ3n) is 4.63. The van der Waals surface area contributed by atoms with E-state index < -0.39 is 23.9 Å². The number of carbonyl (C=O) groups excluding carboxylic acids is 3. The van der Waals surface area contributed by atoms with Gasteiger partial charge >= 0.3 is 6.03 Å². The molecule has 30 heavy (non-hydrogen) atoms. The van der Waals surface area contributed by atoms with Crippen LogP contribution in [0.1, 0.15) is 24.0 Å². The zero-order valence-electron chi connectivity index (χ0n) is 15.6. The van der Waals surface area contributed by atoms with Crippen molar-refractivity contribution in [2.24, 2.45) is 0 Å². The first-order valence-electron chi connectivity index (χ1n) is 9.01. The van der Waals surface area contributed by atoms with E-state index in [1.54, 1.807) is 36.4 Å². The molecular weight excluding hydrogens is 472 g/mol. The maximum absolute atomic E-state index is 12.6. The Morgan fingerprint density at radius 3 is 2.40 bits per heavy atom. The number of carbonyl (C=O) groups is 3. The van der Waals surface area contributed by atoms with Gasteiger partial charge in [-0.1, -0.05) is 58.5 Å². The highest BCUT2D eigenvalue weighted by atomic mass is 35.5. The third-order valence-corrected chi connectivity index (χ3v) is 5.96. The van der Waals surface area contributed by atoms with E-state index >= 15 is 0 Å². The Bertz CT molecular complexity index is 999. The van der Waals surface area contributed by atoms with Gasteiger partial charge in [0.1, 0.15) is 6.04 Å². The molecule has 1 atom stereocenters. The van der Waals surface area contributed by atoms with Crippen molar-refractivity contribution in [2.75, 3.05) is 0 Å². The average Bonchev–Trinajstić information content (AvgIpc) is 3.09. The molecule has 1 fully saturated rings. The molecule has 1 aliphatic rings. The van der Waals surface area contributed by atoms with Gasteiger partial charge in [0.15, 0.2) is 0 Å². The van der Waals surface area contributed by atoms with E-state index in [-0.39, 0.29) is 25.9 Å². The van der Waals surface area contributed by atoms with E-state index in [4.69, 9.17) is 46.4 Å². The molecule has 1 heterocycles. The molecule has 158 valence electrons. The van der Waals surface area contributed by atoms with Gasteiger partial charge in [-0.3, -0.25) is 14.5 Å². The van der Waals surface area contributed by atoms with Crippen LogP contribution in [0.25, 0.3) is 0 Å².